The number of nitrogens with zero attached hydrogens (tertiary/aromatic N) is 2. The summed E-state index contributed by atoms with van der Waals surface area (Å²) in [5.41, 5.74) is 0. The molecule has 19 heavy (non-hydrogen) atoms. The van der Waals surface area contributed by atoms with Crippen LogP contribution in [0.3, 0.4) is 0 Å². The van der Waals surface area contributed by atoms with Gasteiger partial charge in [0.15, 0.2) is 6.19 Å². The molecule has 1 N–H and O–H groups in total. The molecule has 0 bridgehead atoms. The van der Waals surface area contributed by atoms with Crippen molar-refractivity contribution in [3.05, 3.63) is 29.8 Å². The third kappa shape index (κ3) is 3.00. The van der Waals surface area contributed by atoms with Crippen LogP contribution in [0, 0.1) is 23.1 Å². The smallest absolute Gasteiger partial charge is 0.243 e. The van der Waals surface area contributed by atoms with Gasteiger partial charge in [0.2, 0.25) is 10.0 Å². The van der Waals surface area contributed by atoms with Crippen LogP contribution in [0.4, 0.5) is 8.78 Å². The summed E-state index contributed by atoms with van der Waals surface area (Å²) in [6.07, 6.45) is 2.35. The number of nitrogens with one attached hydrogen (secondary N) is 1. The minimum Gasteiger partial charge on any atom is -0.309 e. The maximum atomic E-state index is 13.4. The van der Waals surface area contributed by atoms with Gasteiger partial charge in [0.25, 0.3) is 0 Å². The first kappa shape index (κ1) is 13.7. The van der Waals surface area contributed by atoms with Gasteiger partial charge in [0.1, 0.15) is 16.5 Å². The molecule has 8 heteroatoms. The monoisotopic (exact) mass is 287 g/mol. The number of hydrogen-bond donors (Lipinski definition) is 1. The van der Waals surface area contributed by atoms with E-state index < -0.39 is 32.6 Å². The zero-order valence-electron chi connectivity index (χ0n) is 9.81. The van der Waals surface area contributed by atoms with E-state index in [2.05, 4.69) is 4.72 Å². The van der Waals surface area contributed by atoms with Crippen LogP contribution in [0.25, 0.3) is 0 Å². The number of hydrogen-bond acceptors (Lipinski definition) is 4. The Bertz CT molecular complexity index is 627. The summed E-state index contributed by atoms with van der Waals surface area (Å²) in [4.78, 5) is 0.678. The van der Waals surface area contributed by atoms with Crippen molar-refractivity contribution in [2.24, 2.45) is 0 Å². The van der Waals surface area contributed by atoms with Gasteiger partial charge in [-0.15, -0.1) is 0 Å². The molecule has 1 aromatic rings. The molecule has 1 atom stereocenters. The summed E-state index contributed by atoms with van der Waals surface area (Å²) in [5, 5.41) is 8.67. The molecule has 1 heterocycles. The van der Waals surface area contributed by atoms with E-state index in [4.69, 9.17) is 5.26 Å². The molecule has 2 rings (SSSR count). The van der Waals surface area contributed by atoms with E-state index in [1.807, 2.05) is 6.19 Å². The third-order valence-corrected chi connectivity index (χ3v) is 4.37. The molecule has 0 spiro atoms. The summed E-state index contributed by atoms with van der Waals surface area (Å²) in [7, 11) is -4.13. The topological polar surface area (TPSA) is 73.2 Å². The molecule has 102 valence electrons. The predicted octanol–water partition coefficient (Wildman–Crippen LogP) is 0.798. The molecule has 0 radical (unpaired) electrons. The Hall–Kier alpha value is -1.72. The Morgan fingerprint density at radius 3 is 2.79 bits per heavy atom. The van der Waals surface area contributed by atoms with Crippen LogP contribution >= 0.6 is 0 Å². The van der Waals surface area contributed by atoms with Gasteiger partial charge in [-0.1, -0.05) is 0 Å². The number of halogens is 2. The molecule has 1 aromatic carbocycles. The van der Waals surface area contributed by atoms with Crippen molar-refractivity contribution >= 4 is 10.0 Å². The zero-order chi connectivity index (χ0) is 14.0. The SMILES string of the molecule is N#CN1CCC(NS(=O)(=O)c2cc(F)ccc2F)C1. The summed E-state index contributed by atoms with van der Waals surface area (Å²) in [6.45, 7) is 0.669. The van der Waals surface area contributed by atoms with E-state index in [0.717, 1.165) is 12.1 Å². The van der Waals surface area contributed by atoms with E-state index in [1.165, 1.54) is 4.90 Å². The Labute approximate surface area is 109 Å². The molecule has 1 aliphatic heterocycles. The van der Waals surface area contributed by atoms with Crippen molar-refractivity contribution in [2.75, 3.05) is 13.1 Å². The second kappa shape index (κ2) is 5.11. The second-order valence-corrected chi connectivity index (χ2v) is 5.91. The number of sulfonamides is 1. The highest BCUT2D eigenvalue weighted by Crippen LogP contribution is 2.18. The van der Waals surface area contributed by atoms with Crippen LogP contribution in [0.5, 0.6) is 0 Å². The van der Waals surface area contributed by atoms with Crippen molar-refractivity contribution in [3.63, 3.8) is 0 Å². The summed E-state index contributed by atoms with van der Waals surface area (Å²) in [5.74, 6) is -1.84. The zero-order valence-corrected chi connectivity index (χ0v) is 10.6. The van der Waals surface area contributed by atoms with Crippen molar-refractivity contribution in [1.29, 1.82) is 5.26 Å². The fraction of sp³-hybridized carbons (Fsp3) is 0.364. The molecule has 1 fully saturated rings. The van der Waals surface area contributed by atoms with Gasteiger partial charge in [-0.05, 0) is 24.6 Å². The van der Waals surface area contributed by atoms with E-state index in [-0.39, 0.29) is 6.54 Å². The Balaban J connectivity index is 2.20. The van der Waals surface area contributed by atoms with Crippen molar-refractivity contribution < 1.29 is 17.2 Å². The first-order chi connectivity index (χ1) is 8.92. The van der Waals surface area contributed by atoms with Crippen LogP contribution in [0.2, 0.25) is 0 Å². The fourth-order valence-corrected chi connectivity index (χ4v) is 3.26. The van der Waals surface area contributed by atoms with Gasteiger partial charge in [-0.2, -0.15) is 5.26 Å². The third-order valence-electron chi connectivity index (χ3n) is 2.83. The first-order valence-corrected chi connectivity index (χ1v) is 7.03. The van der Waals surface area contributed by atoms with Crippen LogP contribution in [-0.2, 0) is 10.0 Å². The molecule has 1 unspecified atom stereocenters. The quantitative estimate of drug-likeness (QED) is 0.835. The van der Waals surface area contributed by atoms with E-state index in [1.54, 1.807) is 0 Å². The highest BCUT2D eigenvalue weighted by Gasteiger charge is 2.28. The lowest BCUT2D eigenvalue weighted by atomic mass is 10.3. The van der Waals surface area contributed by atoms with Gasteiger partial charge < -0.3 is 4.90 Å². The molecule has 0 amide bonds. The molecule has 1 aliphatic rings. The molecule has 0 saturated carbocycles. The lowest BCUT2D eigenvalue weighted by Crippen LogP contribution is -2.36. The number of nitriles is 1. The summed E-state index contributed by atoms with van der Waals surface area (Å²) < 4.78 is 52.6. The van der Waals surface area contributed by atoms with Crippen LogP contribution in [0.1, 0.15) is 6.42 Å². The van der Waals surface area contributed by atoms with Gasteiger partial charge in [0.05, 0.1) is 0 Å². The standard InChI is InChI=1S/C11H11F2N3O2S/c12-8-1-2-10(13)11(5-8)19(17,18)15-9-3-4-16(6-9)7-14/h1-2,5,9,15H,3-4,6H2. The van der Waals surface area contributed by atoms with Gasteiger partial charge >= 0.3 is 0 Å². The fourth-order valence-electron chi connectivity index (χ4n) is 1.91. The van der Waals surface area contributed by atoms with Crippen molar-refractivity contribution in [1.82, 2.24) is 9.62 Å². The Kier molecular flexibility index (Phi) is 3.68. The molecule has 5 nitrogen and oxygen atoms in total. The number of benzene rings is 1. The maximum Gasteiger partial charge on any atom is 0.243 e. The van der Waals surface area contributed by atoms with Gasteiger partial charge in [-0.25, -0.2) is 21.9 Å². The van der Waals surface area contributed by atoms with Crippen molar-refractivity contribution in [2.45, 2.75) is 17.4 Å². The lowest BCUT2D eigenvalue weighted by Gasteiger charge is -2.13. The lowest BCUT2D eigenvalue weighted by molar-refractivity contribution is 0.469. The molecule has 0 aromatic heterocycles. The first-order valence-electron chi connectivity index (χ1n) is 5.54. The minimum atomic E-state index is -4.13. The second-order valence-electron chi connectivity index (χ2n) is 4.23. The maximum absolute atomic E-state index is 13.4. The average Bonchev–Trinajstić information content (AvgIpc) is 2.79. The Morgan fingerprint density at radius 1 is 1.42 bits per heavy atom. The van der Waals surface area contributed by atoms with E-state index in [9.17, 15) is 17.2 Å². The largest absolute Gasteiger partial charge is 0.309 e. The van der Waals surface area contributed by atoms with Crippen molar-refractivity contribution in [3.8, 4) is 6.19 Å². The highest BCUT2D eigenvalue weighted by molar-refractivity contribution is 7.89. The van der Waals surface area contributed by atoms with E-state index in [0.29, 0.717) is 19.0 Å². The summed E-state index contributed by atoms with van der Waals surface area (Å²) in [6, 6.07) is 1.77. The highest BCUT2D eigenvalue weighted by atomic mass is 32.2. The summed E-state index contributed by atoms with van der Waals surface area (Å²) >= 11 is 0. The average molecular weight is 287 g/mol. The molecule has 1 saturated heterocycles. The van der Waals surface area contributed by atoms with Gasteiger partial charge in [-0.3, -0.25) is 0 Å². The molecular weight excluding hydrogens is 276 g/mol. The number of likely N-dealkylation sites (tertiary alicyclic amines) is 1. The number of rotatable bonds is 3. The van der Waals surface area contributed by atoms with E-state index >= 15 is 0 Å². The van der Waals surface area contributed by atoms with Gasteiger partial charge in [0, 0.05) is 19.1 Å². The van der Waals surface area contributed by atoms with Crippen LogP contribution in [-0.4, -0.2) is 32.4 Å². The normalized spacial score (nSPS) is 19.4. The van der Waals surface area contributed by atoms with Crippen LogP contribution < -0.4 is 4.72 Å². The molecule has 0 aliphatic carbocycles. The molecular formula is C11H11F2N3O2S. The minimum absolute atomic E-state index is 0.229. The Morgan fingerprint density at radius 2 is 2.16 bits per heavy atom. The van der Waals surface area contributed by atoms with Crippen LogP contribution in [0.15, 0.2) is 23.1 Å². The predicted molar refractivity (Wildman–Crippen MR) is 62.3 cm³/mol.